The molecule has 0 fully saturated rings. The summed E-state index contributed by atoms with van der Waals surface area (Å²) >= 11 is 5.90. The Morgan fingerprint density at radius 1 is 1.45 bits per heavy atom. The Bertz CT molecular complexity index is 598. The van der Waals surface area contributed by atoms with E-state index < -0.39 is 6.10 Å². The highest BCUT2D eigenvalue weighted by Crippen LogP contribution is 2.30. The first kappa shape index (κ1) is 14.7. The average molecular weight is 297 g/mol. The van der Waals surface area contributed by atoms with Crippen molar-refractivity contribution in [3.05, 3.63) is 40.9 Å². The molecule has 0 radical (unpaired) electrons. The van der Waals surface area contributed by atoms with Gasteiger partial charge < -0.3 is 19.5 Å². The standard InChI is InChI=1S/C14H17ClN2O3/c1-17-13(15)8-16-14(17)6-5-11(18)10-4-3-9(20-2)7-12(10)19/h3-4,7-8,11,18-19H,5-6H2,1-2H3. The summed E-state index contributed by atoms with van der Waals surface area (Å²) in [6.07, 6.45) is 1.82. The predicted molar refractivity (Wildman–Crippen MR) is 76.2 cm³/mol. The quantitative estimate of drug-likeness (QED) is 0.889. The van der Waals surface area contributed by atoms with Gasteiger partial charge in [0, 0.05) is 25.1 Å². The van der Waals surface area contributed by atoms with Crippen LogP contribution in [0.15, 0.2) is 24.4 Å². The van der Waals surface area contributed by atoms with Crippen molar-refractivity contribution in [3.63, 3.8) is 0 Å². The number of phenols is 1. The molecule has 1 aromatic carbocycles. The fourth-order valence-electron chi connectivity index (χ4n) is 2.01. The number of halogens is 1. The number of hydrogen-bond donors (Lipinski definition) is 2. The summed E-state index contributed by atoms with van der Waals surface area (Å²) in [5.41, 5.74) is 0.478. The molecule has 0 aliphatic carbocycles. The van der Waals surface area contributed by atoms with Crippen LogP contribution < -0.4 is 4.74 Å². The number of aliphatic hydroxyl groups is 1. The van der Waals surface area contributed by atoms with Gasteiger partial charge in [-0.25, -0.2) is 4.98 Å². The fourth-order valence-corrected chi connectivity index (χ4v) is 2.16. The van der Waals surface area contributed by atoms with Gasteiger partial charge in [0.15, 0.2) is 0 Å². The summed E-state index contributed by atoms with van der Waals surface area (Å²) in [5, 5.41) is 20.6. The van der Waals surface area contributed by atoms with Gasteiger partial charge in [-0.2, -0.15) is 0 Å². The third-order valence-electron chi connectivity index (χ3n) is 3.27. The molecule has 0 aliphatic heterocycles. The molecule has 1 unspecified atom stereocenters. The summed E-state index contributed by atoms with van der Waals surface area (Å²) in [7, 11) is 3.34. The van der Waals surface area contributed by atoms with Crippen molar-refractivity contribution in [1.29, 1.82) is 0 Å². The molecule has 2 rings (SSSR count). The number of rotatable bonds is 5. The maximum Gasteiger partial charge on any atom is 0.128 e. The monoisotopic (exact) mass is 296 g/mol. The molecule has 1 heterocycles. The van der Waals surface area contributed by atoms with Crippen LogP contribution in [0.25, 0.3) is 0 Å². The molecular weight excluding hydrogens is 280 g/mol. The number of aromatic hydroxyl groups is 1. The molecule has 6 heteroatoms. The summed E-state index contributed by atoms with van der Waals surface area (Å²) in [4.78, 5) is 4.17. The van der Waals surface area contributed by atoms with Gasteiger partial charge in [-0.15, -0.1) is 0 Å². The summed E-state index contributed by atoms with van der Waals surface area (Å²) in [6.45, 7) is 0. The van der Waals surface area contributed by atoms with Crippen molar-refractivity contribution in [1.82, 2.24) is 9.55 Å². The molecule has 5 nitrogen and oxygen atoms in total. The smallest absolute Gasteiger partial charge is 0.128 e. The van der Waals surface area contributed by atoms with E-state index in [4.69, 9.17) is 16.3 Å². The molecule has 0 saturated carbocycles. The van der Waals surface area contributed by atoms with E-state index in [1.807, 2.05) is 7.05 Å². The number of imidazole rings is 1. The molecule has 2 aromatic rings. The zero-order chi connectivity index (χ0) is 14.7. The van der Waals surface area contributed by atoms with Gasteiger partial charge in [-0.3, -0.25) is 0 Å². The largest absolute Gasteiger partial charge is 0.507 e. The molecule has 20 heavy (non-hydrogen) atoms. The Balaban J connectivity index is 2.05. The van der Waals surface area contributed by atoms with Crippen LogP contribution in [0.5, 0.6) is 11.5 Å². The first-order valence-corrected chi connectivity index (χ1v) is 6.61. The van der Waals surface area contributed by atoms with Gasteiger partial charge in [0.2, 0.25) is 0 Å². The van der Waals surface area contributed by atoms with E-state index in [1.165, 1.54) is 13.2 Å². The minimum Gasteiger partial charge on any atom is -0.507 e. The first-order valence-electron chi connectivity index (χ1n) is 6.24. The second-order valence-electron chi connectivity index (χ2n) is 4.54. The topological polar surface area (TPSA) is 67.5 Å². The lowest BCUT2D eigenvalue weighted by Crippen LogP contribution is -2.04. The minimum absolute atomic E-state index is 0.0229. The van der Waals surface area contributed by atoms with Crippen molar-refractivity contribution in [2.24, 2.45) is 7.05 Å². The Morgan fingerprint density at radius 2 is 2.20 bits per heavy atom. The fraction of sp³-hybridized carbons (Fsp3) is 0.357. The molecule has 2 N–H and O–H groups in total. The highest BCUT2D eigenvalue weighted by atomic mass is 35.5. The van der Waals surface area contributed by atoms with Gasteiger partial charge in [0.1, 0.15) is 22.5 Å². The highest BCUT2D eigenvalue weighted by Gasteiger charge is 2.14. The van der Waals surface area contributed by atoms with E-state index in [0.717, 1.165) is 5.82 Å². The molecule has 108 valence electrons. The summed E-state index contributed by atoms with van der Waals surface area (Å²) < 4.78 is 6.77. The summed E-state index contributed by atoms with van der Waals surface area (Å²) in [5.74, 6) is 1.37. The number of aromatic nitrogens is 2. The lowest BCUT2D eigenvalue weighted by atomic mass is 10.0. The number of nitrogens with zero attached hydrogens (tertiary/aromatic N) is 2. The lowest BCUT2D eigenvalue weighted by Gasteiger charge is -2.13. The Morgan fingerprint density at radius 3 is 2.75 bits per heavy atom. The number of aryl methyl sites for hydroxylation is 1. The number of aliphatic hydroxyl groups excluding tert-OH is 1. The predicted octanol–water partition coefficient (Wildman–Crippen LogP) is 2.45. The van der Waals surface area contributed by atoms with Gasteiger partial charge in [0.05, 0.1) is 19.4 Å². The van der Waals surface area contributed by atoms with E-state index in [-0.39, 0.29) is 5.75 Å². The Hall–Kier alpha value is -1.72. The Labute approximate surface area is 122 Å². The molecule has 1 atom stereocenters. The number of ether oxygens (including phenoxy) is 1. The maximum absolute atomic E-state index is 10.2. The molecule has 1 aromatic heterocycles. The molecule has 0 spiro atoms. The normalized spacial score (nSPS) is 12.4. The zero-order valence-corrected chi connectivity index (χ0v) is 12.1. The molecule has 0 bridgehead atoms. The number of hydrogen-bond acceptors (Lipinski definition) is 4. The molecule has 0 aliphatic rings. The number of phenolic OH excluding ortho intramolecular Hbond substituents is 1. The van der Waals surface area contributed by atoms with Crippen molar-refractivity contribution in [2.75, 3.05) is 7.11 Å². The minimum atomic E-state index is -0.767. The third kappa shape index (κ3) is 3.05. The Kier molecular flexibility index (Phi) is 4.52. The van der Waals surface area contributed by atoms with E-state index >= 15 is 0 Å². The highest BCUT2D eigenvalue weighted by molar-refractivity contribution is 6.29. The van der Waals surface area contributed by atoms with Gasteiger partial charge in [-0.1, -0.05) is 11.6 Å². The van der Waals surface area contributed by atoms with Crippen LogP contribution in [-0.4, -0.2) is 26.9 Å². The third-order valence-corrected chi connectivity index (χ3v) is 3.62. The van der Waals surface area contributed by atoms with Crippen LogP contribution in [-0.2, 0) is 13.5 Å². The van der Waals surface area contributed by atoms with Crippen LogP contribution in [0.3, 0.4) is 0 Å². The van der Waals surface area contributed by atoms with Crippen molar-refractivity contribution in [2.45, 2.75) is 18.9 Å². The van der Waals surface area contributed by atoms with Crippen LogP contribution in [0.1, 0.15) is 23.9 Å². The van der Waals surface area contributed by atoms with Crippen LogP contribution in [0, 0.1) is 0 Å². The number of methoxy groups -OCH3 is 1. The van der Waals surface area contributed by atoms with Gasteiger partial charge >= 0.3 is 0 Å². The van der Waals surface area contributed by atoms with E-state index in [2.05, 4.69) is 4.98 Å². The van der Waals surface area contributed by atoms with E-state index in [1.54, 1.807) is 22.9 Å². The van der Waals surface area contributed by atoms with Crippen LogP contribution in [0.4, 0.5) is 0 Å². The number of benzene rings is 1. The van der Waals surface area contributed by atoms with E-state index in [0.29, 0.717) is 29.3 Å². The lowest BCUT2D eigenvalue weighted by molar-refractivity contribution is 0.163. The van der Waals surface area contributed by atoms with Crippen molar-refractivity contribution < 1.29 is 14.9 Å². The first-order chi connectivity index (χ1) is 9.52. The second-order valence-corrected chi connectivity index (χ2v) is 4.92. The molecular formula is C14H17ClN2O3. The average Bonchev–Trinajstić information content (AvgIpc) is 2.76. The van der Waals surface area contributed by atoms with Crippen LogP contribution in [0.2, 0.25) is 5.15 Å². The van der Waals surface area contributed by atoms with Crippen molar-refractivity contribution in [3.8, 4) is 11.5 Å². The van der Waals surface area contributed by atoms with Gasteiger partial charge in [-0.05, 0) is 18.6 Å². The zero-order valence-electron chi connectivity index (χ0n) is 11.4. The molecule has 0 saturated heterocycles. The second kappa shape index (κ2) is 6.15. The maximum atomic E-state index is 10.2. The van der Waals surface area contributed by atoms with Crippen LogP contribution >= 0.6 is 11.6 Å². The SMILES string of the molecule is COc1ccc(C(O)CCc2ncc(Cl)n2C)c(O)c1. The molecule has 0 amide bonds. The van der Waals surface area contributed by atoms with Crippen molar-refractivity contribution >= 4 is 11.6 Å². The summed E-state index contributed by atoms with van der Waals surface area (Å²) in [6, 6.07) is 4.84. The van der Waals surface area contributed by atoms with E-state index in [9.17, 15) is 10.2 Å². The van der Waals surface area contributed by atoms with Gasteiger partial charge in [0.25, 0.3) is 0 Å².